The van der Waals surface area contributed by atoms with Gasteiger partial charge in [0.05, 0.1) is 38.7 Å². The highest BCUT2D eigenvalue weighted by Gasteiger charge is 2.19. The van der Waals surface area contributed by atoms with Crippen LogP contribution in [0.2, 0.25) is 0 Å². The van der Waals surface area contributed by atoms with E-state index in [-0.39, 0.29) is 5.92 Å². The van der Waals surface area contributed by atoms with Gasteiger partial charge >= 0.3 is 0 Å². The maximum absolute atomic E-state index is 4.84. The molecule has 1 aromatic carbocycles. The van der Waals surface area contributed by atoms with Gasteiger partial charge in [-0.15, -0.1) is 11.3 Å². The monoisotopic (exact) mass is 362 g/mol. The van der Waals surface area contributed by atoms with Gasteiger partial charge in [0, 0.05) is 26.2 Å². The number of hydrazone groups is 1. The van der Waals surface area contributed by atoms with Crippen molar-refractivity contribution in [2.75, 3.05) is 13.6 Å². The van der Waals surface area contributed by atoms with E-state index in [1.54, 1.807) is 11.3 Å². The predicted molar refractivity (Wildman–Crippen MR) is 104 cm³/mol. The smallest absolute Gasteiger partial charge is 0.153 e. The quantitative estimate of drug-likeness (QED) is 0.561. The number of likely N-dealkylation sites (N-methyl/N-ethyl adjacent to an activating group) is 1. The molecule has 0 spiro atoms. The summed E-state index contributed by atoms with van der Waals surface area (Å²) in [5.74, 6) is 0.233. The largest absolute Gasteiger partial charge is 0.299 e. The summed E-state index contributed by atoms with van der Waals surface area (Å²) in [4.78, 5) is 9.05. The normalized spacial score (nSPS) is 17.0. The molecule has 3 aromatic heterocycles. The van der Waals surface area contributed by atoms with Crippen molar-refractivity contribution in [3.63, 3.8) is 0 Å². The van der Waals surface area contributed by atoms with E-state index >= 15 is 0 Å². The van der Waals surface area contributed by atoms with Crippen LogP contribution < -0.4 is 0 Å². The summed E-state index contributed by atoms with van der Waals surface area (Å²) >= 11 is 1.73. The standard InChI is InChI=1S/C19H18N6S/c1-12-22-17-4-3-13(8-18(17)26-12)7-15-10-20-19-6-5-16(23-25(15)19)14-9-21-24(2)11-14/h3-6,8-10,14H,7,11H2,1-2H3. The second-order valence-corrected chi connectivity index (χ2v) is 7.94. The molecule has 1 unspecified atom stereocenters. The third kappa shape index (κ3) is 2.64. The lowest BCUT2D eigenvalue weighted by Gasteiger charge is -2.10. The number of aromatic nitrogens is 4. The van der Waals surface area contributed by atoms with E-state index in [0.29, 0.717) is 0 Å². The Kier molecular flexibility index (Phi) is 3.49. The number of aryl methyl sites for hydroxylation is 1. The van der Waals surface area contributed by atoms with E-state index in [1.807, 2.05) is 48.0 Å². The van der Waals surface area contributed by atoms with Crippen molar-refractivity contribution in [3.05, 3.63) is 58.5 Å². The Morgan fingerprint density at radius 2 is 2.15 bits per heavy atom. The Hall–Kier alpha value is -2.80. The molecule has 0 radical (unpaired) electrons. The fraction of sp³-hybridized carbons (Fsp3) is 0.263. The first kappa shape index (κ1) is 15.5. The number of benzene rings is 1. The molecule has 7 heteroatoms. The molecule has 26 heavy (non-hydrogen) atoms. The summed E-state index contributed by atoms with van der Waals surface area (Å²) in [6.07, 6.45) is 4.68. The van der Waals surface area contributed by atoms with Crippen molar-refractivity contribution in [1.82, 2.24) is 24.6 Å². The van der Waals surface area contributed by atoms with Crippen molar-refractivity contribution in [1.29, 1.82) is 0 Å². The lowest BCUT2D eigenvalue weighted by atomic mass is 10.1. The first-order valence-corrected chi connectivity index (χ1v) is 9.42. The van der Waals surface area contributed by atoms with Crippen molar-refractivity contribution >= 4 is 33.4 Å². The second kappa shape index (κ2) is 5.88. The van der Waals surface area contributed by atoms with Crippen LogP contribution in [0.15, 0.2) is 41.6 Å². The van der Waals surface area contributed by atoms with E-state index in [9.17, 15) is 0 Å². The number of thiazole rings is 1. The van der Waals surface area contributed by atoms with Crippen LogP contribution in [0.4, 0.5) is 0 Å². The van der Waals surface area contributed by atoms with Crippen LogP contribution >= 0.6 is 11.3 Å². The van der Waals surface area contributed by atoms with E-state index in [1.165, 1.54) is 10.3 Å². The van der Waals surface area contributed by atoms with Crippen LogP contribution in [0.25, 0.3) is 15.9 Å². The van der Waals surface area contributed by atoms with Crippen LogP contribution in [0.3, 0.4) is 0 Å². The van der Waals surface area contributed by atoms with E-state index in [4.69, 9.17) is 5.10 Å². The molecule has 0 bridgehead atoms. The van der Waals surface area contributed by atoms with Gasteiger partial charge in [-0.3, -0.25) is 5.01 Å². The van der Waals surface area contributed by atoms with Gasteiger partial charge in [-0.05, 0) is 36.8 Å². The Labute approximate surface area is 154 Å². The molecule has 5 rings (SSSR count). The third-order valence-corrected chi connectivity index (χ3v) is 5.62. The molecule has 4 aromatic rings. The molecule has 1 aliphatic rings. The highest BCUT2D eigenvalue weighted by molar-refractivity contribution is 7.18. The van der Waals surface area contributed by atoms with Gasteiger partial charge < -0.3 is 0 Å². The van der Waals surface area contributed by atoms with Crippen molar-refractivity contribution < 1.29 is 0 Å². The summed E-state index contributed by atoms with van der Waals surface area (Å²) in [7, 11) is 1.98. The minimum absolute atomic E-state index is 0.233. The number of imidazole rings is 1. The number of fused-ring (bicyclic) bond motifs is 2. The van der Waals surface area contributed by atoms with Crippen LogP contribution in [-0.4, -0.2) is 44.4 Å². The lowest BCUT2D eigenvalue weighted by molar-refractivity contribution is 0.379. The first-order chi connectivity index (χ1) is 12.7. The number of rotatable bonds is 3. The summed E-state index contributed by atoms with van der Waals surface area (Å²) in [6.45, 7) is 2.91. The number of hydrogen-bond donors (Lipinski definition) is 0. The van der Waals surface area contributed by atoms with Gasteiger partial charge in [0.25, 0.3) is 0 Å². The molecule has 0 saturated heterocycles. The van der Waals surface area contributed by atoms with Gasteiger partial charge in [0.1, 0.15) is 0 Å². The zero-order valence-corrected chi connectivity index (χ0v) is 15.4. The van der Waals surface area contributed by atoms with Gasteiger partial charge in [-0.25, -0.2) is 14.5 Å². The Bertz CT molecular complexity index is 1140. The Morgan fingerprint density at radius 3 is 3.00 bits per heavy atom. The maximum Gasteiger partial charge on any atom is 0.153 e. The molecule has 1 aliphatic heterocycles. The highest BCUT2D eigenvalue weighted by Crippen LogP contribution is 2.24. The van der Waals surface area contributed by atoms with Crippen LogP contribution in [0, 0.1) is 6.92 Å². The predicted octanol–water partition coefficient (Wildman–Crippen LogP) is 3.25. The van der Waals surface area contributed by atoms with Gasteiger partial charge in [-0.1, -0.05) is 6.07 Å². The molecule has 0 fully saturated rings. The van der Waals surface area contributed by atoms with E-state index in [0.717, 1.165) is 40.5 Å². The summed E-state index contributed by atoms with van der Waals surface area (Å²) < 4.78 is 3.19. The Morgan fingerprint density at radius 1 is 1.23 bits per heavy atom. The van der Waals surface area contributed by atoms with Gasteiger partial charge in [-0.2, -0.15) is 10.2 Å². The zero-order chi connectivity index (χ0) is 17.7. The first-order valence-electron chi connectivity index (χ1n) is 8.60. The van der Waals surface area contributed by atoms with Crippen LogP contribution in [0.5, 0.6) is 0 Å². The fourth-order valence-corrected chi connectivity index (χ4v) is 4.29. The van der Waals surface area contributed by atoms with E-state index in [2.05, 4.69) is 33.3 Å². The van der Waals surface area contributed by atoms with Crippen molar-refractivity contribution in [2.24, 2.45) is 5.10 Å². The average molecular weight is 362 g/mol. The topological polar surface area (TPSA) is 58.7 Å². The van der Waals surface area contributed by atoms with Crippen LogP contribution in [0.1, 0.15) is 27.9 Å². The summed E-state index contributed by atoms with van der Waals surface area (Å²) in [5.41, 5.74) is 5.31. The van der Waals surface area contributed by atoms with Gasteiger partial charge in [0.15, 0.2) is 5.65 Å². The van der Waals surface area contributed by atoms with Crippen molar-refractivity contribution in [2.45, 2.75) is 19.3 Å². The molecule has 1 atom stereocenters. The number of nitrogens with zero attached hydrogens (tertiary/aromatic N) is 6. The second-order valence-electron chi connectivity index (χ2n) is 6.70. The zero-order valence-electron chi connectivity index (χ0n) is 14.6. The summed E-state index contributed by atoms with van der Waals surface area (Å²) in [5, 5.41) is 12.2. The SMILES string of the molecule is Cc1nc2ccc(Cc3cnc4ccc(C5C=NN(C)C5)nn34)cc2s1. The average Bonchev–Trinajstić information content (AvgIpc) is 3.32. The molecule has 6 nitrogen and oxygen atoms in total. The molecule has 0 amide bonds. The lowest BCUT2D eigenvalue weighted by Crippen LogP contribution is -2.14. The molecular weight excluding hydrogens is 344 g/mol. The minimum atomic E-state index is 0.233. The molecule has 0 N–H and O–H groups in total. The van der Waals surface area contributed by atoms with Crippen LogP contribution in [-0.2, 0) is 6.42 Å². The number of hydrogen-bond acceptors (Lipinski definition) is 6. The molecule has 130 valence electrons. The highest BCUT2D eigenvalue weighted by atomic mass is 32.1. The molecule has 4 heterocycles. The van der Waals surface area contributed by atoms with Gasteiger partial charge in [0.2, 0.25) is 0 Å². The van der Waals surface area contributed by atoms with E-state index < -0.39 is 0 Å². The molecule has 0 aliphatic carbocycles. The Balaban J connectivity index is 1.50. The minimum Gasteiger partial charge on any atom is -0.299 e. The molecule has 0 saturated carbocycles. The molecular formula is C19H18N6S. The summed E-state index contributed by atoms with van der Waals surface area (Å²) in [6, 6.07) is 10.5. The fourth-order valence-electron chi connectivity index (χ4n) is 3.40. The van der Waals surface area contributed by atoms with Crippen molar-refractivity contribution in [3.8, 4) is 0 Å². The third-order valence-electron chi connectivity index (χ3n) is 4.68. The maximum atomic E-state index is 4.84.